The molecule has 1 saturated heterocycles. The lowest BCUT2D eigenvalue weighted by Crippen LogP contribution is -2.39. The molecular weight excluding hydrogens is 356 g/mol. The third kappa shape index (κ3) is 4.51. The van der Waals surface area contributed by atoms with Gasteiger partial charge in [-0.1, -0.05) is 13.8 Å². The van der Waals surface area contributed by atoms with Gasteiger partial charge in [-0.05, 0) is 39.5 Å². The molecule has 1 atom stereocenters. The van der Waals surface area contributed by atoms with Crippen LogP contribution in [0.25, 0.3) is 0 Å². The molecule has 3 rings (SSSR count). The highest BCUT2D eigenvalue weighted by Gasteiger charge is 2.33. The van der Waals surface area contributed by atoms with Crippen LogP contribution in [0.15, 0.2) is 0 Å². The number of likely N-dealkylation sites (tertiary alicyclic amines) is 1. The number of aromatic nitrogens is 2. The van der Waals surface area contributed by atoms with Gasteiger partial charge >= 0.3 is 0 Å². The molecule has 2 aliphatic heterocycles. The van der Waals surface area contributed by atoms with E-state index in [1.54, 1.807) is 0 Å². The molecule has 0 spiro atoms. The molecule has 3 heterocycles. The minimum atomic E-state index is 0.0162. The Kier molecular flexibility index (Phi) is 6.33. The number of nitrogens with zero attached hydrogens (tertiary/aromatic N) is 4. The first kappa shape index (κ1) is 20.7. The molecule has 1 aromatic heterocycles. The maximum Gasteiger partial charge on any atom is 0.248 e. The number of aryl methyl sites for hydroxylation is 1. The van der Waals surface area contributed by atoms with Gasteiger partial charge in [0.2, 0.25) is 11.8 Å². The Morgan fingerprint density at radius 2 is 1.96 bits per heavy atom. The summed E-state index contributed by atoms with van der Waals surface area (Å²) in [5.41, 5.74) is 2.04. The monoisotopic (exact) mass is 388 g/mol. The van der Waals surface area contributed by atoms with Crippen molar-refractivity contribution in [3.05, 3.63) is 17.1 Å². The summed E-state index contributed by atoms with van der Waals surface area (Å²) < 4.78 is 5.45. The first-order chi connectivity index (χ1) is 13.3. The van der Waals surface area contributed by atoms with Crippen molar-refractivity contribution in [1.82, 2.24) is 14.9 Å². The normalized spacial score (nSPS) is 19.7. The summed E-state index contributed by atoms with van der Waals surface area (Å²) in [7, 11) is 0. The number of carbonyl (C=O) groups is 2. The van der Waals surface area contributed by atoms with Crippen molar-refractivity contribution in [2.75, 3.05) is 31.1 Å². The van der Waals surface area contributed by atoms with Gasteiger partial charge in [-0.15, -0.1) is 0 Å². The number of hydrogen-bond donors (Lipinski definition) is 0. The van der Waals surface area contributed by atoms with Crippen LogP contribution < -0.4 is 4.90 Å². The number of anilines is 1. The Morgan fingerprint density at radius 3 is 2.64 bits per heavy atom. The van der Waals surface area contributed by atoms with Gasteiger partial charge in [-0.25, -0.2) is 9.97 Å². The molecule has 1 aromatic rings. The smallest absolute Gasteiger partial charge is 0.248 e. The molecule has 7 heteroatoms. The van der Waals surface area contributed by atoms with Crippen molar-refractivity contribution in [2.45, 2.75) is 65.9 Å². The topological polar surface area (TPSA) is 75.6 Å². The summed E-state index contributed by atoms with van der Waals surface area (Å²) in [6, 6.07) is 0. The number of amides is 2. The predicted molar refractivity (Wildman–Crippen MR) is 107 cm³/mol. The Balaban J connectivity index is 1.79. The summed E-state index contributed by atoms with van der Waals surface area (Å²) >= 11 is 0. The molecule has 0 aromatic carbocycles. The number of carbonyl (C=O) groups excluding carboxylic acids is 2. The standard InChI is InChI=1S/C21H32N4O3/c1-13(2)10-25-18(26)7-6-17-15(5)22-20(23-21(17)25)16-8-9-24(11-16)19(27)12-28-14(3)4/h13-14,16H,6-12H2,1-5H3/t16-/m1/s1. The molecular formula is C21H32N4O3. The summed E-state index contributed by atoms with van der Waals surface area (Å²) in [6.45, 7) is 12.2. The van der Waals surface area contributed by atoms with Gasteiger partial charge in [0.25, 0.3) is 0 Å². The van der Waals surface area contributed by atoms with Gasteiger partial charge in [0, 0.05) is 43.2 Å². The van der Waals surface area contributed by atoms with Crippen LogP contribution in [-0.4, -0.2) is 59.0 Å². The minimum Gasteiger partial charge on any atom is -0.369 e. The molecule has 0 unspecified atom stereocenters. The van der Waals surface area contributed by atoms with Crippen LogP contribution in [0, 0.1) is 12.8 Å². The number of hydrogen-bond acceptors (Lipinski definition) is 5. The van der Waals surface area contributed by atoms with E-state index in [-0.39, 0.29) is 30.4 Å². The van der Waals surface area contributed by atoms with Crippen LogP contribution in [0.4, 0.5) is 5.82 Å². The summed E-state index contributed by atoms with van der Waals surface area (Å²) in [4.78, 5) is 38.1. The lowest BCUT2D eigenvalue weighted by Gasteiger charge is -2.31. The van der Waals surface area contributed by atoms with E-state index in [1.807, 2.05) is 30.6 Å². The van der Waals surface area contributed by atoms with Crippen LogP contribution in [0.5, 0.6) is 0 Å². The summed E-state index contributed by atoms with van der Waals surface area (Å²) in [6.07, 6.45) is 2.10. The van der Waals surface area contributed by atoms with Crippen LogP contribution in [-0.2, 0) is 20.7 Å². The van der Waals surface area contributed by atoms with Crippen molar-refractivity contribution >= 4 is 17.6 Å². The zero-order chi connectivity index (χ0) is 20.4. The Labute approximate surface area is 167 Å². The maximum absolute atomic E-state index is 12.5. The molecule has 7 nitrogen and oxygen atoms in total. The van der Waals surface area contributed by atoms with Crippen molar-refractivity contribution in [1.29, 1.82) is 0 Å². The lowest BCUT2D eigenvalue weighted by atomic mass is 10.0. The van der Waals surface area contributed by atoms with Gasteiger partial charge in [-0.2, -0.15) is 0 Å². The fourth-order valence-electron chi connectivity index (χ4n) is 3.87. The molecule has 0 radical (unpaired) electrons. The van der Waals surface area contributed by atoms with E-state index >= 15 is 0 Å². The van der Waals surface area contributed by atoms with E-state index in [1.165, 1.54) is 0 Å². The average molecular weight is 389 g/mol. The van der Waals surface area contributed by atoms with Crippen molar-refractivity contribution in [2.24, 2.45) is 5.92 Å². The highest BCUT2D eigenvalue weighted by atomic mass is 16.5. The molecule has 0 saturated carbocycles. The lowest BCUT2D eigenvalue weighted by molar-refractivity contribution is -0.136. The third-order valence-electron chi connectivity index (χ3n) is 5.35. The molecule has 0 bridgehead atoms. The Bertz CT molecular complexity index is 747. The highest BCUT2D eigenvalue weighted by Crippen LogP contribution is 2.32. The number of rotatable bonds is 6. The van der Waals surface area contributed by atoms with Gasteiger partial charge in [0.1, 0.15) is 18.2 Å². The average Bonchev–Trinajstić information content (AvgIpc) is 3.12. The van der Waals surface area contributed by atoms with Gasteiger partial charge in [-0.3, -0.25) is 14.5 Å². The van der Waals surface area contributed by atoms with Crippen molar-refractivity contribution in [3.8, 4) is 0 Å². The first-order valence-electron chi connectivity index (χ1n) is 10.3. The van der Waals surface area contributed by atoms with Crippen molar-refractivity contribution < 1.29 is 14.3 Å². The van der Waals surface area contributed by atoms with E-state index in [9.17, 15) is 9.59 Å². The third-order valence-corrected chi connectivity index (χ3v) is 5.35. The van der Waals surface area contributed by atoms with E-state index in [0.29, 0.717) is 38.4 Å². The van der Waals surface area contributed by atoms with Gasteiger partial charge in [0.15, 0.2) is 0 Å². The zero-order valence-corrected chi connectivity index (χ0v) is 17.7. The predicted octanol–water partition coefficient (Wildman–Crippen LogP) is 2.46. The second-order valence-corrected chi connectivity index (χ2v) is 8.55. The molecule has 0 N–H and O–H groups in total. The Hall–Kier alpha value is -2.02. The molecule has 1 fully saturated rings. The fraction of sp³-hybridized carbons (Fsp3) is 0.714. The minimum absolute atomic E-state index is 0.0162. The van der Waals surface area contributed by atoms with Crippen molar-refractivity contribution in [3.63, 3.8) is 0 Å². The summed E-state index contributed by atoms with van der Waals surface area (Å²) in [5, 5.41) is 0. The molecule has 154 valence electrons. The fourth-order valence-corrected chi connectivity index (χ4v) is 3.87. The van der Waals surface area contributed by atoms with Crippen LogP contribution in [0.2, 0.25) is 0 Å². The zero-order valence-electron chi connectivity index (χ0n) is 17.7. The molecule has 2 aliphatic rings. The SMILES string of the molecule is Cc1nc([C@@H]2CCN(C(=O)COC(C)C)C2)nc2c1CCC(=O)N2CC(C)C. The van der Waals surface area contributed by atoms with E-state index < -0.39 is 0 Å². The van der Waals surface area contributed by atoms with E-state index in [4.69, 9.17) is 14.7 Å². The van der Waals surface area contributed by atoms with Gasteiger partial charge < -0.3 is 9.64 Å². The summed E-state index contributed by atoms with van der Waals surface area (Å²) in [5.74, 6) is 2.15. The quantitative estimate of drug-likeness (QED) is 0.748. The number of fused-ring (bicyclic) bond motifs is 1. The van der Waals surface area contributed by atoms with Crippen LogP contribution >= 0.6 is 0 Å². The van der Waals surface area contributed by atoms with Crippen LogP contribution in [0.1, 0.15) is 63.5 Å². The van der Waals surface area contributed by atoms with Crippen LogP contribution in [0.3, 0.4) is 0 Å². The van der Waals surface area contributed by atoms with Gasteiger partial charge in [0.05, 0.1) is 6.10 Å². The number of ether oxygens (including phenoxy) is 1. The molecule has 28 heavy (non-hydrogen) atoms. The maximum atomic E-state index is 12.5. The second kappa shape index (κ2) is 8.55. The second-order valence-electron chi connectivity index (χ2n) is 8.55. The van der Waals surface area contributed by atoms with E-state index in [2.05, 4.69) is 13.8 Å². The van der Waals surface area contributed by atoms with E-state index in [0.717, 1.165) is 29.3 Å². The Morgan fingerprint density at radius 1 is 1.21 bits per heavy atom. The first-order valence-corrected chi connectivity index (χ1v) is 10.3. The molecule has 0 aliphatic carbocycles. The highest BCUT2D eigenvalue weighted by molar-refractivity contribution is 5.95. The molecule has 2 amide bonds. The largest absolute Gasteiger partial charge is 0.369 e.